The predicted octanol–water partition coefficient (Wildman–Crippen LogP) is 3.84. The molecule has 4 rings (SSSR count). The lowest BCUT2D eigenvalue weighted by molar-refractivity contribution is 0.346. The van der Waals surface area contributed by atoms with Crippen LogP contribution >= 0.6 is 24.0 Å². The van der Waals surface area contributed by atoms with Gasteiger partial charge in [0.25, 0.3) is 0 Å². The zero-order valence-corrected chi connectivity index (χ0v) is 21.6. The monoisotopic (exact) mass is 551 g/mol. The number of pyridine rings is 1. The van der Waals surface area contributed by atoms with E-state index in [9.17, 15) is 0 Å². The molecule has 7 nitrogen and oxygen atoms in total. The van der Waals surface area contributed by atoms with Gasteiger partial charge < -0.3 is 24.6 Å². The summed E-state index contributed by atoms with van der Waals surface area (Å²) in [5, 5.41) is 3.47. The van der Waals surface area contributed by atoms with Crippen LogP contribution < -0.4 is 19.7 Å². The van der Waals surface area contributed by atoms with Crippen molar-refractivity contribution in [3.05, 3.63) is 47.2 Å². The third-order valence-corrected chi connectivity index (χ3v) is 6.00. The quantitative estimate of drug-likeness (QED) is 0.335. The zero-order chi connectivity index (χ0) is 21.6. The molecule has 1 saturated heterocycles. The van der Waals surface area contributed by atoms with Gasteiger partial charge in [0, 0.05) is 38.9 Å². The minimum absolute atomic E-state index is 0. The molecule has 8 heteroatoms. The van der Waals surface area contributed by atoms with Gasteiger partial charge >= 0.3 is 0 Å². The molecule has 2 aromatic rings. The average molecular weight is 551 g/mol. The first kappa shape index (κ1) is 24.4. The van der Waals surface area contributed by atoms with E-state index in [1.54, 1.807) is 14.2 Å². The number of nitrogens with one attached hydrogen (secondary N) is 1. The van der Waals surface area contributed by atoms with Crippen LogP contribution in [0.25, 0.3) is 0 Å². The van der Waals surface area contributed by atoms with E-state index in [0.29, 0.717) is 6.54 Å². The molecule has 2 aliphatic heterocycles. The summed E-state index contributed by atoms with van der Waals surface area (Å²) >= 11 is 0. The Balaban J connectivity index is 0.00000289. The normalized spacial score (nSPS) is 15.8. The molecule has 32 heavy (non-hydrogen) atoms. The first-order chi connectivity index (χ1) is 15.2. The zero-order valence-electron chi connectivity index (χ0n) is 19.3. The highest BCUT2D eigenvalue weighted by Gasteiger charge is 2.22. The van der Waals surface area contributed by atoms with E-state index in [1.165, 1.54) is 29.5 Å². The number of halogens is 1. The van der Waals surface area contributed by atoms with Crippen molar-refractivity contribution in [3.63, 3.8) is 0 Å². The third-order valence-electron chi connectivity index (χ3n) is 6.00. The molecular weight excluding hydrogens is 517 g/mol. The number of nitrogens with zero attached hydrogens (tertiary/aromatic N) is 4. The lowest BCUT2D eigenvalue weighted by Gasteiger charge is -2.32. The summed E-state index contributed by atoms with van der Waals surface area (Å²) < 4.78 is 11.0. The second kappa shape index (κ2) is 11.6. The number of rotatable bonds is 6. The summed E-state index contributed by atoms with van der Waals surface area (Å²) in [6.45, 7) is 7.51. The van der Waals surface area contributed by atoms with Gasteiger partial charge in [0.05, 0.1) is 20.8 Å². The van der Waals surface area contributed by atoms with E-state index >= 15 is 0 Å². The fraction of sp³-hybridized carbons (Fsp3) is 0.500. The van der Waals surface area contributed by atoms with E-state index in [2.05, 4.69) is 51.3 Å². The van der Waals surface area contributed by atoms with Crippen LogP contribution in [0.4, 0.5) is 5.82 Å². The van der Waals surface area contributed by atoms with E-state index in [1.807, 2.05) is 6.20 Å². The first-order valence-electron chi connectivity index (χ1n) is 11.2. The molecule has 0 saturated carbocycles. The molecule has 1 N–H and O–H groups in total. The van der Waals surface area contributed by atoms with Gasteiger partial charge in [-0.2, -0.15) is 0 Å². The molecule has 0 radical (unpaired) electrons. The minimum atomic E-state index is 0. The van der Waals surface area contributed by atoms with Gasteiger partial charge in [-0.15, -0.1) is 24.0 Å². The number of ether oxygens (including phenoxy) is 2. The van der Waals surface area contributed by atoms with Gasteiger partial charge in [-0.1, -0.05) is 0 Å². The Morgan fingerprint density at radius 3 is 2.47 bits per heavy atom. The molecule has 0 bridgehead atoms. The maximum Gasteiger partial charge on any atom is 0.194 e. The van der Waals surface area contributed by atoms with Gasteiger partial charge in [0.1, 0.15) is 5.82 Å². The summed E-state index contributed by atoms with van der Waals surface area (Å²) in [5.74, 6) is 3.59. The number of guanidine groups is 1. The molecule has 0 amide bonds. The third kappa shape index (κ3) is 5.57. The van der Waals surface area contributed by atoms with Crippen molar-refractivity contribution in [2.45, 2.75) is 39.3 Å². The van der Waals surface area contributed by atoms with Crippen molar-refractivity contribution < 1.29 is 9.47 Å². The second-order valence-corrected chi connectivity index (χ2v) is 8.03. The van der Waals surface area contributed by atoms with E-state index in [4.69, 9.17) is 14.5 Å². The molecule has 2 aliphatic rings. The Morgan fingerprint density at radius 2 is 1.78 bits per heavy atom. The number of aromatic nitrogens is 1. The lowest BCUT2D eigenvalue weighted by atomic mass is 9.99. The van der Waals surface area contributed by atoms with Gasteiger partial charge in [-0.05, 0) is 67.1 Å². The van der Waals surface area contributed by atoms with Crippen LogP contribution in [0.5, 0.6) is 11.5 Å². The van der Waals surface area contributed by atoms with E-state index in [-0.39, 0.29) is 24.0 Å². The molecule has 1 fully saturated rings. The number of benzene rings is 1. The number of methoxy groups -OCH3 is 2. The summed E-state index contributed by atoms with van der Waals surface area (Å²) in [6.07, 6.45) is 5.36. The van der Waals surface area contributed by atoms with Gasteiger partial charge in [-0.3, -0.25) is 0 Å². The largest absolute Gasteiger partial charge is 0.493 e. The second-order valence-electron chi connectivity index (χ2n) is 8.03. The van der Waals surface area contributed by atoms with Gasteiger partial charge in [0.2, 0.25) is 0 Å². The molecule has 0 spiro atoms. The lowest BCUT2D eigenvalue weighted by Crippen LogP contribution is -2.44. The maximum absolute atomic E-state index is 5.50. The van der Waals surface area contributed by atoms with Crippen LogP contribution in [0, 0.1) is 0 Å². The minimum Gasteiger partial charge on any atom is -0.493 e. The topological polar surface area (TPSA) is 62.2 Å². The highest BCUT2D eigenvalue weighted by Crippen LogP contribution is 2.33. The molecule has 1 aromatic heterocycles. The van der Waals surface area contributed by atoms with Crippen LogP contribution in [0.1, 0.15) is 36.5 Å². The molecule has 3 heterocycles. The molecule has 0 unspecified atom stereocenters. The maximum atomic E-state index is 5.50. The van der Waals surface area contributed by atoms with Gasteiger partial charge in [0.15, 0.2) is 17.5 Å². The van der Waals surface area contributed by atoms with Crippen molar-refractivity contribution in [2.75, 3.05) is 45.3 Å². The number of anilines is 1. The first-order valence-corrected chi connectivity index (χ1v) is 11.2. The van der Waals surface area contributed by atoms with Crippen LogP contribution in [0.2, 0.25) is 0 Å². The number of aliphatic imine (C=N–C) groups is 1. The Hall–Kier alpha value is -2.23. The van der Waals surface area contributed by atoms with Crippen LogP contribution in [-0.4, -0.2) is 56.2 Å². The number of fused-ring (bicyclic) bond motifs is 1. The Kier molecular flexibility index (Phi) is 8.84. The summed E-state index contributed by atoms with van der Waals surface area (Å²) in [7, 11) is 3.37. The molecule has 0 aliphatic carbocycles. The van der Waals surface area contributed by atoms with E-state index in [0.717, 1.165) is 62.4 Å². The standard InChI is InChI=1S/C24H33N5O2.HI/c1-4-25-24(27-16-18-7-9-26-23(13-18)28-10-5-6-11-28)29-12-8-19-14-21(30-2)22(31-3)15-20(19)17-29;/h7,9,13-15H,4-6,8,10-12,16-17H2,1-3H3,(H,25,27);1H. The SMILES string of the molecule is CCNC(=NCc1ccnc(N2CCCC2)c1)N1CCc2cc(OC)c(OC)cc2C1.I. The van der Waals surface area contributed by atoms with Crippen molar-refractivity contribution in [1.82, 2.24) is 15.2 Å². The van der Waals surface area contributed by atoms with Crippen molar-refractivity contribution in [2.24, 2.45) is 4.99 Å². The van der Waals surface area contributed by atoms with Gasteiger partial charge in [-0.25, -0.2) is 9.98 Å². The summed E-state index contributed by atoms with van der Waals surface area (Å²) in [4.78, 5) is 14.2. The molecule has 1 aromatic carbocycles. The molecule has 174 valence electrons. The fourth-order valence-corrected chi connectivity index (χ4v) is 4.33. The smallest absolute Gasteiger partial charge is 0.194 e. The highest BCUT2D eigenvalue weighted by atomic mass is 127. The average Bonchev–Trinajstić information content (AvgIpc) is 3.36. The van der Waals surface area contributed by atoms with Crippen molar-refractivity contribution in [3.8, 4) is 11.5 Å². The van der Waals surface area contributed by atoms with E-state index < -0.39 is 0 Å². The Morgan fingerprint density at radius 1 is 1.06 bits per heavy atom. The molecule has 0 atom stereocenters. The summed E-state index contributed by atoms with van der Waals surface area (Å²) in [5.41, 5.74) is 3.76. The Labute approximate surface area is 208 Å². The Bertz CT molecular complexity index is 931. The number of hydrogen-bond donors (Lipinski definition) is 1. The summed E-state index contributed by atoms with van der Waals surface area (Å²) in [6, 6.07) is 8.44. The predicted molar refractivity (Wildman–Crippen MR) is 140 cm³/mol. The van der Waals surface area contributed by atoms with Crippen LogP contribution in [0.3, 0.4) is 0 Å². The van der Waals surface area contributed by atoms with Crippen LogP contribution in [-0.2, 0) is 19.5 Å². The van der Waals surface area contributed by atoms with Crippen molar-refractivity contribution in [1.29, 1.82) is 0 Å². The molecular formula is C24H34IN5O2. The van der Waals surface area contributed by atoms with Crippen molar-refractivity contribution >= 4 is 35.8 Å². The number of hydrogen-bond acceptors (Lipinski definition) is 5. The highest BCUT2D eigenvalue weighted by molar-refractivity contribution is 14.0. The fourth-order valence-electron chi connectivity index (χ4n) is 4.33. The van der Waals surface area contributed by atoms with Crippen LogP contribution in [0.15, 0.2) is 35.5 Å².